The van der Waals surface area contributed by atoms with Gasteiger partial charge >= 0.3 is 0 Å². The van der Waals surface area contributed by atoms with E-state index in [4.69, 9.17) is 4.74 Å². The van der Waals surface area contributed by atoms with E-state index in [0.29, 0.717) is 13.2 Å². The predicted molar refractivity (Wildman–Crippen MR) is 109 cm³/mol. The molecule has 2 N–H and O–H groups in total. The van der Waals surface area contributed by atoms with Crippen LogP contribution in [0.15, 0.2) is 47.4 Å². The zero-order chi connectivity index (χ0) is 21.8. The Kier molecular flexibility index (Phi) is 6.92. The van der Waals surface area contributed by atoms with Crippen molar-refractivity contribution in [2.24, 2.45) is 0 Å². The van der Waals surface area contributed by atoms with E-state index >= 15 is 0 Å². The van der Waals surface area contributed by atoms with Crippen LogP contribution in [-0.2, 0) is 10.0 Å². The Hall–Kier alpha value is -2.26. The highest BCUT2D eigenvalue weighted by atomic mass is 32.2. The van der Waals surface area contributed by atoms with E-state index < -0.39 is 28.2 Å². The molecular formula is C21H25F3N2O3S. The molecule has 1 aliphatic rings. The molecule has 9 heteroatoms. The van der Waals surface area contributed by atoms with E-state index in [2.05, 4.69) is 10.0 Å². The van der Waals surface area contributed by atoms with E-state index in [0.717, 1.165) is 30.7 Å². The minimum Gasteiger partial charge on any atom is -0.493 e. The molecule has 0 aliphatic carbocycles. The molecule has 1 atom stereocenters. The van der Waals surface area contributed by atoms with Crippen molar-refractivity contribution >= 4 is 15.7 Å². The summed E-state index contributed by atoms with van der Waals surface area (Å²) in [5.74, 6) is -2.57. The fourth-order valence-corrected chi connectivity index (χ4v) is 4.44. The van der Waals surface area contributed by atoms with Crippen molar-refractivity contribution in [1.29, 1.82) is 0 Å². The van der Waals surface area contributed by atoms with E-state index in [-0.39, 0.29) is 29.5 Å². The fourth-order valence-electron chi connectivity index (χ4n) is 3.36. The first-order valence-electron chi connectivity index (χ1n) is 9.78. The monoisotopic (exact) mass is 442 g/mol. The number of fused-ring (bicyclic) bond motifs is 1. The lowest BCUT2D eigenvalue weighted by Crippen LogP contribution is -2.26. The van der Waals surface area contributed by atoms with Gasteiger partial charge in [-0.3, -0.25) is 0 Å². The van der Waals surface area contributed by atoms with Crippen LogP contribution in [0.25, 0.3) is 0 Å². The van der Waals surface area contributed by atoms with Crippen LogP contribution in [0.2, 0.25) is 0 Å². The van der Waals surface area contributed by atoms with E-state index in [1.54, 1.807) is 0 Å². The number of para-hydroxylation sites is 1. The highest BCUT2D eigenvalue weighted by molar-refractivity contribution is 7.89. The average Bonchev–Trinajstić information content (AvgIpc) is 2.69. The average molecular weight is 443 g/mol. The third-order valence-electron chi connectivity index (χ3n) is 4.96. The Morgan fingerprint density at radius 3 is 2.70 bits per heavy atom. The Bertz CT molecular complexity index is 978. The summed E-state index contributed by atoms with van der Waals surface area (Å²) in [6.45, 7) is 1.70. The minimum absolute atomic E-state index is 0.0164. The van der Waals surface area contributed by atoms with E-state index in [1.165, 1.54) is 12.1 Å². The zero-order valence-electron chi connectivity index (χ0n) is 16.6. The van der Waals surface area contributed by atoms with Gasteiger partial charge in [0.05, 0.1) is 17.2 Å². The highest BCUT2D eigenvalue weighted by Gasteiger charge is 2.23. The maximum atomic E-state index is 14.5. The number of halogens is 3. The van der Waals surface area contributed by atoms with Crippen molar-refractivity contribution in [3.63, 3.8) is 0 Å². The molecule has 0 amide bonds. The van der Waals surface area contributed by atoms with Gasteiger partial charge in [0, 0.05) is 25.4 Å². The van der Waals surface area contributed by atoms with Crippen LogP contribution >= 0.6 is 0 Å². The van der Waals surface area contributed by atoms with Gasteiger partial charge in [-0.2, -0.15) is 0 Å². The van der Waals surface area contributed by atoms with Crippen LogP contribution in [0, 0.1) is 5.82 Å². The first-order valence-corrected chi connectivity index (χ1v) is 11.3. The third-order valence-corrected chi connectivity index (χ3v) is 6.42. The predicted octanol–water partition coefficient (Wildman–Crippen LogP) is 4.52. The minimum atomic E-state index is -3.97. The topological polar surface area (TPSA) is 67.4 Å². The van der Waals surface area contributed by atoms with Crippen LogP contribution in [0.4, 0.5) is 18.9 Å². The van der Waals surface area contributed by atoms with Gasteiger partial charge < -0.3 is 10.1 Å². The molecule has 5 nitrogen and oxygen atoms in total. The summed E-state index contributed by atoms with van der Waals surface area (Å²) >= 11 is 0. The second kappa shape index (κ2) is 9.26. The Morgan fingerprint density at radius 1 is 1.20 bits per heavy atom. The summed E-state index contributed by atoms with van der Waals surface area (Å²) in [4.78, 5) is -0.245. The van der Waals surface area contributed by atoms with Gasteiger partial charge in [0.15, 0.2) is 0 Å². The number of sulfonamides is 1. The van der Waals surface area contributed by atoms with Gasteiger partial charge in [0.2, 0.25) is 15.9 Å². The summed E-state index contributed by atoms with van der Waals surface area (Å²) < 4.78 is 72.5. The number of alkyl halides is 2. The van der Waals surface area contributed by atoms with Gasteiger partial charge in [-0.05, 0) is 49.6 Å². The Morgan fingerprint density at radius 2 is 1.97 bits per heavy atom. The van der Waals surface area contributed by atoms with Crippen molar-refractivity contribution in [1.82, 2.24) is 4.72 Å². The molecule has 0 fully saturated rings. The Labute approximate surface area is 174 Å². The maximum Gasteiger partial charge on any atom is 0.245 e. The molecule has 2 aromatic rings. The summed E-state index contributed by atoms with van der Waals surface area (Å²) in [6, 6.07) is 11.3. The number of anilines is 1. The number of rotatable bonds is 9. The van der Waals surface area contributed by atoms with Gasteiger partial charge in [-0.15, -0.1) is 0 Å². The second-order valence-corrected chi connectivity index (χ2v) is 9.23. The van der Waals surface area contributed by atoms with Gasteiger partial charge in [-0.1, -0.05) is 18.2 Å². The molecule has 2 aromatic carbocycles. The van der Waals surface area contributed by atoms with Crippen LogP contribution < -0.4 is 14.8 Å². The molecule has 0 radical (unpaired) electrons. The number of benzene rings is 2. The summed E-state index contributed by atoms with van der Waals surface area (Å²) in [5, 5.41) is 3.04. The molecule has 0 saturated carbocycles. The molecule has 0 saturated heterocycles. The molecule has 0 aromatic heterocycles. The van der Waals surface area contributed by atoms with E-state index in [9.17, 15) is 21.6 Å². The lowest BCUT2D eigenvalue weighted by Gasteiger charge is -2.26. The highest BCUT2D eigenvalue weighted by Crippen LogP contribution is 2.33. The molecule has 1 unspecified atom stereocenters. The second-order valence-electron chi connectivity index (χ2n) is 7.47. The molecule has 1 heterocycles. The van der Waals surface area contributed by atoms with Crippen molar-refractivity contribution in [3.8, 4) is 5.75 Å². The van der Waals surface area contributed by atoms with Crippen molar-refractivity contribution in [3.05, 3.63) is 53.8 Å². The number of hydrogen-bond donors (Lipinski definition) is 2. The van der Waals surface area contributed by atoms with Gasteiger partial charge in [0.25, 0.3) is 0 Å². The first kappa shape index (κ1) is 22.4. The molecule has 0 bridgehead atoms. The molecule has 3 rings (SSSR count). The molecule has 1 aliphatic heterocycles. The van der Waals surface area contributed by atoms with Crippen LogP contribution in [0.1, 0.15) is 37.7 Å². The van der Waals surface area contributed by atoms with E-state index in [1.807, 2.05) is 24.3 Å². The molecular weight excluding hydrogens is 417 g/mol. The quantitative estimate of drug-likeness (QED) is 0.561. The fraction of sp³-hybridized carbons (Fsp3) is 0.429. The van der Waals surface area contributed by atoms with Crippen LogP contribution in [0.3, 0.4) is 0 Å². The van der Waals surface area contributed by atoms with Crippen molar-refractivity contribution in [2.75, 3.05) is 25.0 Å². The largest absolute Gasteiger partial charge is 0.493 e. The van der Waals surface area contributed by atoms with Gasteiger partial charge in [-0.25, -0.2) is 26.3 Å². The van der Waals surface area contributed by atoms with Gasteiger partial charge in [0.1, 0.15) is 11.6 Å². The normalized spacial score (nSPS) is 16.6. The van der Waals surface area contributed by atoms with Crippen LogP contribution in [-0.4, -0.2) is 34.0 Å². The Balaban J connectivity index is 1.60. The summed E-state index contributed by atoms with van der Waals surface area (Å²) in [7, 11) is -3.97. The first-order chi connectivity index (χ1) is 14.2. The lowest BCUT2D eigenvalue weighted by molar-refractivity contribution is 0.0114. The van der Waals surface area contributed by atoms with Crippen LogP contribution in [0.5, 0.6) is 5.75 Å². The standard InChI is InChI=1S/C21H25F3N2O3S/c1-21(23,24)10-4-11-26-30(27,28)16-7-8-19(18(22)13-16)25-14-15-9-12-29-20-6-3-2-5-17(15)20/h2-3,5-8,13,15,25-26H,4,9-12,14H2,1H3. The maximum absolute atomic E-state index is 14.5. The van der Waals surface area contributed by atoms with Crippen molar-refractivity contribution < 1.29 is 26.3 Å². The molecule has 30 heavy (non-hydrogen) atoms. The number of ether oxygens (including phenoxy) is 1. The van der Waals surface area contributed by atoms with Crippen molar-refractivity contribution in [2.45, 2.75) is 42.9 Å². The number of hydrogen-bond acceptors (Lipinski definition) is 4. The molecule has 164 valence electrons. The molecule has 0 spiro atoms. The smallest absolute Gasteiger partial charge is 0.245 e. The lowest BCUT2D eigenvalue weighted by atomic mass is 9.93. The number of nitrogens with one attached hydrogen (secondary N) is 2. The summed E-state index contributed by atoms with van der Waals surface area (Å²) in [5.41, 5.74) is 1.25. The third kappa shape index (κ3) is 5.89. The summed E-state index contributed by atoms with van der Waals surface area (Å²) in [6.07, 6.45) is 0.346. The zero-order valence-corrected chi connectivity index (χ0v) is 17.4. The SMILES string of the molecule is CC(F)(F)CCCNS(=O)(=O)c1ccc(NCC2CCOc3ccccc32)c(F)c1.